The van der Waals surface area contributed by atoms with Crippen molar-refractivity contribution in [3.63, 3.8) is 0 Å². The van der Waals surface area contributed by atoms with E-state index in [-0.39, 0.29) is 0 Å². The highest BCUT2D eigenvalue weighted by molar-refractivity contribution is 5.82. The summed E-state index contributed by atoms with van der Waals surface area (Å²) in [5.41, 5.74) is 4.57. The molecule has 2 aromatic carbocycles. The Bertz CT molecular complexity index is 780. The molecule has 0 fully saturated rings. The maximum absolute atomic E-state index is 3.25. The Morgan fingerprint density at radius 2 is 1.63 bits per heavy atom. The molecule has 0 aliphatic carbocycles. The number of hydrogen-bond acceptors (Lipinski definition) is 0. The van der Waals surface area contributed by atoms with Crippen molar-refractivity contribution in [1.82, 2.24) is 4.57 Å². The van der Waals surface area contributed by atoms with E-state index in [2.05, 4.69) is 85.0 Å². The van der Waals surface area contributed by atoms with Crippen LogP contribution in [0.25, 0.3) is 10.9 Å². The molecule has 0 amide bonds. The lowest BCUT2D eigenvalue weighted by Gasteiger charge is -1.96. The summed E-state index contributed by atoms with van der Waals surface area (Å²) in [5, 5.41) is 1.23. The minimum absolute atomic E-state index is 1.04. The van der Waals surface area contributed by atoms with Gasteiger partial charge in [-0.3, -0.25) is 0 Å². The van der Waals surface area contributed by atoms with E-state index in [1.165, 1.54) is 16.5 Å². The number of fused-ring (bicyclic) bond motifs is 1. The highest BCUT2D eigenvalue weighted by Crippen LogP contribution is 2.17. The van der Waals surface area contributed by atoms with Crippen molar-refractivity contribution in [2.45, 2.75) is 6.92 Å². The van der Waals surface area contributed by atoms with Gasteiger partial charge in [-0.05, 0) is 37.1 Å². The molecule has 1 heteroatoms. The third kappa shape index (κ3) is 2.26. The molecule has 0 saturated carbocycles. The fourth-order valence-corrected chi connectivity index (χ4v) is 2.18. The van der Waals surface area contributed by atoms with Crippen molar-refractivity contribution < 1.29 is 0 Å². The molecule has 1 nitrogen and oxygen atoms in total. The van der Waals surface area contributed by atoms with Crippen molar-refractivity contribution in [3.8, 4) is 11.8 Å². The quantitative estimate of drug-likeness (QED) is 0.530. The maximum Gasteiger partial charge on any atom is 0.0931 e. The first-order valence-electron chi connectivity index (χ1n) is 6.37. The molecule has 0 spiro atoms. The molecule has 0 aliphatic heterocycles. The molecule has 0 saturated heterocycles. The molecule has 1 heterocycles. The number of rotatable bonds is 0. The van der Waals surface area contributed by atoms with E-state index in [9.17, 15) is 0 Å². The molecule has 3 aromatic rings. The molecule has 0 radical (unpaired) electrons. The minimum Gasteiger partial charge on any atom is -0.337 e. The van der Waals surface area contributed by atoms with Gasteiger partial charge in [0.1, 0.15) is 0 Å². The first kappa shape index (κ1) is 11.6. The van der Waals surface area contributed by atoms with E-state index in [4.69, 9.17) is 0 Å². The number of para-hydroxylation sites is 1. The van der Waals surface area contributed by atoms with Crippen molar-refractivity contribution >= 4 is 10.9 Å². The number of aromatic nitrogens is 1. The third-order valence-corrected chi connectivity index (χ3v) is 3.34. The van der Waals surface area contributed by atoms with E-state index >= 15 is 0 Å². The largest absolute Gasteiger partial charge is 0.337 e. The predicted octanol–water partition coefficient (Wildman–Crippen LogP) is 3.89. The lowest BCUT2D eigenvalue weighted by molar-refractivity contribution is 0.951. The topological polar surface area (TPSA) is 4.93 Å². The first-order chi connectivity index (χ1) is 9.24. The van der Waals surface area contributed by atoms with E-state index in [0.717, 1.165) is 11.3 Å². The van der Waals surface area contributed by atoms with Crippen LogP contribution in [0.2, 0.25) is 0 Å². The van der Waals surface area contributed by atoms with Gasteiger partial charge in [0, 0.05) is 23.5 Å². The zero-order valence-electron chi connectivity index (χ0n) is 11.1. The van der Waals surface area contributed by atoms with Crippen LogP contribution in [-0.2, 0) is 7.05 Å². The van der Waals surface area contributed by atoms with E-state index < -0.39 is 0 Å². The van der Waals surface area contributed by atoms with Gasteiger partial charge in [0.25, 0.3) is 0 Å². The van der Waals surface area contributed by atoms with Crippen LogP contribution in [0.4, 0.5) is 0 Å². The molecule has 0 bridgehead atoms. The Hall–Kier alpha value is -2.46. The second-order valence-electron chi connectivity index (χ2n) is 4.76. The third-order valence-electron chi connectivity index (χ3n) is 3.34. The van der Waals surface area contributed by atoms with Crippen LogP contribution in [-0.4, -0.2) is 4.57 Å². The summed E-state index contributed by atoms with van der Waals surface area (Å²) >= 11 is 0. The Morgan fingerprint density at radius 1 is 0.895 bits per heavy atom. The Balaban J connectivity index is 2.02. The summed E-state index contributed by atoms with van der Waals surface area (Å²) in [6.07, 6.45) is 0. The van der Waals surface area contributed by atoms with Crippen molar-refractivity contribution in [2.24, 2.45) is 7.05 Å². The second kappa shape index (κ2) is 4.66. The Labute approximate surface area is 113 Å². The number of hydrogen-bond donors (Lipinski definition) is 0. The highest BCUT2D eigenvalue weighted by Gasteiger charge is 2.01. The molecule has 0 aliphatic rings. The summed E-state index contributed by atoms with van der Waals surface area (Å²) in [6, 6.07) is 18.8. The average Bonchev–Trinajstić information content (AvgIpc) is 2.76. The fourth-order valence-electron chi connectivity index (χ4n) is 2.18. The van der Waals surface area contributed by atoms with Crippen LogP contribution in [0.15, 0.2) is 54.6 Å². The molecule has 92 valence electrons. The molecular weight excluding hydrogens is 230 g/mol. The molecule has 1 aromatic heterocycles. The average molecular weight is 245 g/mol. The molecular formula is C18H15N. The SMILES string of the molecule is Cc1ccc(C#Cc2cc3ccccc3n2C)cc1. The predicted molar refractivity (Wildman–Crippen MR) is 80.1 cm³/mol. The Kier molecular flexibility index (Phi) is 2.85. The van der Waals surface area contributed by atoms with Crippen LogP contribution in [0.1, 0.15) is 16.8 Å². The van der Waals surface area contributed by atoms with E-state index in [1.54, 1.807) is 0 Å². The molecule has 0 N–H and O–H groups in total. The van der Waals surface area contributed by atoms with Crippen molar-refractivity contribution in [3.05, 3.63) is 71.4 Å². The van der Waals surface area contributed by atoms with Gasteiger partial charge in [-0.15, -0.1) is 0 Å². The van der Waals surface area contributed by atoms with Gasteiger partial charge < -0.3 is 4.57 Å². The lowest BCUT2D eigenvalue weighted by atomic mass is 10.1. The first-order valence-corrected chi connectivity index (χ1v) is 6.37. The number of benzene rings is 2. The Morgan fingerprint density at radius 3 is 2.37 bits per heavy atom. The fraction of sp³-hybridized carbons (Fsp3) is 0.111. The van der Waals surface area contributed by atoms with Crippen molar-refractivity contribution in [1.29, 1.82) is 0 Å². The van der Waals surface area contributed by atoms with Gasteiger partial charge in [-0.2, -0.15) is 0 Å². The maximum atomic E-state index is 3.25. The standard InChI is InChI=1S/C18H15N/c1-14-7-9-15(10-8-14)11-12-17-13-16-5-3-4-6-18(16)19(17)2/h3-10,13H,1-2H3. The molecule has 3 rings (SSSR count). The number of aryl methyl sites for hydroxylation is 2. The summed E-state index contributed by atoms with van der Waals surface area (Å²) in [4.78, 5) is 0. The van der Waals surface area contributed by atoms with E-state index in [0.29, 0.717) is 0 Å². The normalized spacial score (nSPS) is 10.2. The van der Waals surface area contributed by atoms with Gasteiger partial charge >= 0.3 is 0 Å². The van der Waals surface area contributed by atoms with Crippen LogP contribution in [0.3, 0.4) is 0 Å². The minimum atomic E-state index is 1.04. The second-order valence-corrected chi connectivity index (χ2v) is 4.76. The van der Waals surface area contributed by atoms with Crippen LogP contribution < -0.4 is 0 Å². The van der Waals surface area contributed by atoms with E-state index in [1.807, 2.05) is 0 Å². The highest BCUT2D eigenvalue weighted by atomic mass is 14.9. The molecule has 0 atom stereocenters. The van der Waals surface area contributed by atoms with Gasteiger partial charge in [0.05, 0.1) is 5.69 Å². The zero-order valence-corrected chi connectivity index (χ0v) is 11.1. The molecule has 0 unspecified atom stereocenters. The molecule has 19 heavy (non-hydrogen) atoms. The lowest BCUT2D eigenvalue weighted by Crippen LogP contribution is -1.90. The number of nitrogens with zero attached hydrogens (tertiary/aromatic N) is 1. The van der Waals surface area contributed by atoms with Gasteiger partial charge in [-0.1, -0.05) is 41.8 Å². The van der Waals surface area contributed by atoms with Crippen molar-refractivity contribution in [2.75, 3.05) is 0 Å². The smallest absolute Gasteiger partial charge is 0.0931 e. The van der Waals surface area contributed by atoms with Crippen LogP contribution in [0.5, 0.6) is 0 Å². The van der Waals surface area contributed by atoms with Crippen LogP contribution >= 0.6 is 0 Å². The monoisotopic (exact) mass is 245 g/mol. The van der Waals surface area contributed by atoms with Crippen LogP contribution in [0, 0.1) is 18.8 Å². The van der Waals surface area contributed by atoms with Gasteiger partial charge in [0.2, 0.25) is 0 Å². The summed E-state index contributed by atoms with van der Waals surface area (Å²) in [7, 11) is 2.06. The summed E-state index contributed by atoms with van der Waals surface area (Å²) < 4.78 is 2.14. The van der Waals surface area contributed by atoms with Gasteiger partial charge in [0.15, 0.2) is 0 Å². The summed E-state index contributed by atoms with van der Waals surface area (Å²) in [6.45, 7) is 2.08. The van der Waals surface area contributed by atoms with Gasteiger partial charge in [-0.25, -0.2) is 0 Å². The zero-order chi connectivity index (χ0) is 13.2. The summed E-state index contributed by atoms with van der Waals surface area (Å²) in [5.74, 6) is 6.47.